The molecule has 106 valence electrons. The van der Waals surface area contributed by atoms with E-state index in [0.29, 0.717) is 22.4 Å². The Balaban J connectivity index is 1.68. The standard InChI is InChI=1S/C14H13Cl2NO2S/c15-11-4-3-10(12(16)8-11)9-20-7-5-17-14(18)13-2-1-6-19-13/h1-4,6,8H,5,7,9H2,(H,17,18). The number of halogens is 2. The number of hydrogen-bond donors (Lipinski definition) is 1. The summed E-state index contributed by atoms with van der Waals surface area (Å²) in [6.07, 6.45) is 1.48. The lowest BCUT2D eigenvalue weighted by atomic mass is 10.2. The number of furan rings is 1. The number of thioether (sulfide) groups is 1. The monoisotopic (exact) mass is 329 g/mol. The topological polar surface area (TPSA) is 42.2 Å². The van der Waals surface area contributed by atoms with Crippen LogP contribution in [0.3, 0.4) is 0 Å². The molecule has 1 heterocycles. The first-order valence-electron chi connectivity index (χ1n) is 6.00. The van der Waals surface area contributed by atoms with Crippen LogP contribution < -0.4 is 5.32 Å². The van der Waals surface area contributed by atoms with Crippen LogP contribution in [0.2, 0.25) is 10.0 Å². The molecule has 0 fully saturated rings. The molecule has 0 saturated heterocycles. The Morgan fingerprint density at radius 3 is 2.85 bits per heavy atom. The van der Waals surface area contributed by atoms with Gasteiger partial charge in [0.05, 0.1) is 6.26 Å². The Morgan fingerprint density at radius 1 is 1.30 bits per heavy atom. The zero-order valence-electron chi connectivity index (χ0n) is 10.6. The number of hydrogen-bond acceptors (Lipinski definition) is 3. The van der Waals surface area contributed by atoms with Crippen molar-refractivity contribution in [1.29, 1.82) is 0 Å². The maximum atomic E-state index is 11.6. The Hall–Kier alpha value is -1.10. The summed E-state index contributed by atoms with van der Waals surface area (Å²) in [4.78, 5) is 11.6. The third-order valence-corrected chi connectivity index (χ3v) is 4.14. The quantitative estimate of drug-likeness (QED) is 0.805. The first-order valence-corrected chi connectivity index (χ1v) is 7.91. The van der Waals surface area contributed by atoms with Crippen molar-refractivity contribution in [3.05, 3.63) is 58.0 Å². The van der Waals surface area contributed by atoms with E-state index in [4.69, 9.17) is 27.6 Å². The van der Waals surface area contributed by atoms with Crippen molar-refractivity contribution in [3.63, 3.8) is 0 Å². The molecule has 3 nitrogen and oxygen atoms in total. The van der Waals surface area contributed by atoms with Gasteiger partial charge in [0.2, 0.25) is 0 Å². The molecule has 1 amide bonds. The lowest BCUT2D eigenvalue weighted by Gasteiger charge is -2.05. The van der Waals surface area contributed by atoms with Crippen molar-refractivity contribution in [2.75, 3.05) is 12.3 Å². The van der Waals surface area contributed by atoms with Crippen LogP contribution in [0.4, 0.5) is 0 Å². The average Bonchev–Trinajstić information content (AvgIpc) is 2.94. The van der Waals surface area contributed by atoms with Gasteiger partial charge in [-0.25, -0.2) is 0 Å². The van der Waals surface area contributed by atoms with E-state index in [1.807, 2.05) is 12.1 Å². The second-order valence-corrected chi connectivity index (χ2v) is 5.97. The molecule has 2 aromatic rings. The highest BCUT2D eigenvalue weighted by Gasteiger charge is 2.07. The van der Waals surface area contributed by atoms with Gasteiger partial charge in [0.1, 0.15) is 0 Å². The van der Waals surface area contributed by atoms with Crippen molar-refractivity contribution in [3.8, 4) is 0 Å². The molecule has 0 aliphatic rings. The normalized spacial score (nSPS) is 10.5. The lowest BCUT2D eigenvalue weighted by Crippen LogP contribution is -2.25. The van der Waals surface area contributed by atoms with Crippen LogP contribution in [0.1, 0.15) is 16.1 Å². The average molecular weight is 330 g/mol. The first-order chi connectivity index (χ1) is 9.66. The van der Waals surface area contributed by atoms with Crippen LogP contribution in [0, 0.1) is 0 Å². The van der Waals surface area contributed by atoms with Gasteiger partial charge in [-0.2, -0.15) is 11.8 Å². The molecule has 1 aromatic carbocycles. The number of amides is 1. The van der Waals surface area contributed by atoms with Gasteiger partial charge in [-0.15, -0.1) is 0 Å². The molecule has 20 heavy (non-hydrogen) atoms. The van der Waals surface area contributed by atoms with Gasteiger partial charge in [-0.1, -0.05) is 29.3 Å². The Kier molecular flexibility index (Phi) is 5.83. The van der Waals surface area contributed by atoms with Gasteiger partial charge in [-0.3, -0.25) is 4.79 Å². The van der Waals surface area contributed by atoms with E-state index in [1.165, 1.54) is 6.26 Å². The molecular weight excluding hydrogens is 317 g/mol. The minimum absolute atomic E-state index is 0.194. The lowest BCUT2D eigenvalue weighted by molar-refractivity contribution is 0.0928. The summed E-state index contributed by atoms with van der Waals surface area (Å²) in [7, 11) is 0. The van der Waals surface area contributed by atoms with Crippen LogP contribution in [0.25, 0.3) is 0 Å². The highest BCUT2D eigenvalue weighted by Crippen LogP contribution is 2.24. The largest absolute Gasteiger partial charge is 0.459 e. The zero-order chi connectivity index (χ0) is 14.4. The van der Waals surface area contributed by atoms with Crippen LogP contribution in [0.15, 0.2) is 41.0 Å². The van der Waals surface area contributed by atoms with E-state index < -0.39 is 0 Å². The van der Waals surface area contributed by atoms with Crippen molar-refractivity contribution >= 4 is 40.9 Å². The fourth-order valence-corrected chi connectivity index (χ4v) is 2.97. The number of carbonyl (C=O) groups excluding carboxylic acids is 1. The van der Waals surface area contributed by atoms with Crippen LogP contribution >= 0.6 is 35.0 Å². The fourth-order valence-electron chi connectivity index (χ4n) is 1.55. The molecule has 2 rings (SSSR count). The van der Waals surface area contributed by atoms with Crippen molar-refractivity contribution < 1.29 is 9.21 Å². The molecule has 1 aromatic heterocycles. The summed E-state index contributed by atoms with van der Waals surface area (Å²) in [5, 5.41) is 4.09. The minimum atomic E-state index is -0.194. The van der Waals surface area contributed by atoms with E-state index in [-0.39, 0.29) is 5.91 Å². The molecule has 0 bridgehead atoms. The van der Waals surface area contributed by atoms with Crippen molar-refractivity contribution in [2.45, 2.75) is 5.75 Å². The predicted octanol–water partition coefficient (Wildman–Crippen LogP) is 4.25. The Bertz CT molecular complexity index is 573. The summed E-state index contributed by atoms with van der Waals surface area (Å²) < 4.78 is 5.00. The molecular formula is C14H13Cl2NO2S. The van der Waals surface area contributed by atoms with Crippen molar-refractivity contribution in [1.82, 2.24) is 5.32 Å². The van der Waals surface area contributed by atoms with E-state index in [9.17, 15) is 4.79 Å². The van der Waals surface area contributed by atoms with Gasteiger partial charge >= 0.3 is 0 Å². The van der Waals surface area contributed by atoms with Gasteiger partial charge in [0, 0.05) is 28.1 Å². The second-order valence-electron chi connectivity index (χ2n) is 4.02. The number of benzene rings is 1. The van der Waals surface area contributed by atoms with E-state index >= 15 is 0 Å². The van der Waals surface area contributed by atoms with Crippen molar-refractivity contribution in [2.24, 2.45) is 0 Å². The molecule has 0 spiro atoms. The third-order valence-electron chi connectivity index (χ3n) is 2.55. The summed E-state index contributed by atoms with van der Waals surface area (Å²) in [5.74, 6) is 1.72. The Labute approximate surface area is 131 Å². The van der Waals surface area contributed by atoms with Gasteiger partial charge < -0.3 is 9.73 Å². The molecule has 0 atom stereocenters. The number of carbonyl (C=O) groups is 1. The Morgan fingerprint density at radius 2 is 2.15 bits per heavy atom. The van der Waals surface area contributed by atoms with Crippen LogP contribution in [-0.2, 0) is 5.75 Å². The van der Waals surface area contributed by atoms with Crippen LogP contribution in [0.5, 0.6) is 0 Å². The van der Waals surface area contributed by atoms with Gasteiger partial charge in [-0.05, 0) is 29.8 Å². The predicted molar refractivity (Wildman–Crippen MR) is 83.7 cm³/mol. The first kappa shape index (κ1) is 15.3. The molecule has 0 unspecified atom stereocenters. The summed E-state index contributed by atoms with van der Waals surface area (Å²) in [6.45, 7) is 0.579. The third kappa shape index (κ3) is 4.47. The smallest absolute Gasteiger partial charge is 0.287 e. The summed E-state index contributed by atoms with van der Waals surface area (Å²) in [6, 6.07) is 8.79. The molecule has 0 saturated carbocycles. The maximum Gasteiger partial charge on any atom is 0.287 e. The second kappa shape index (κ2) is 7.62. The number of nitrogens with one attached hydrogen (secondary N) is 1. The maximum absolute atomic E-state index is 11.6. The van der Waals surface area contributed by atoms with E-state index in [1.54, 1.807) is 30.0 Å². The summed E-state index contributed by atoms with van der Waals surface area (Å²) in [5.41, 5.74) is 1.04. The van der Waals surface area contributed by atoms with Gasteiger partial charge in [0.25, 0.3) is 5.91 Å². The SMILES string of the molecule is O=C(NCCSCc1ccc(Cl)cc1Cl)c1ccco1. The van der Waals surface area contributed by atoms with E-state index in [0.717, 1.165) is 17.1 Å². The summed E-state index contributed by atoms with van der Waals surface area (Å²) >= 11 is 13.6. The number of rotatable bonds is 6. The molecule has 0 aliphatic carbocycles. The fraction of sp³-hybridized carbons (Fsp3) is 0.214. The molecule has 0 radical (unpaired) electrons. The molecule has 6 heteroatoms. The van der Waals surface area contributed by atoms with E-state index in [2.05, 4.69) is 5.32 Å². The van der Waals surface area contributed by atoms with Gasteiger partial charge in [0.15, 0.2) is 5.76 Å². The molecule has 1 N–H and O–H groups in total. The minimum Gasteiger partial charge on any atom is -0.459 e. The van der Waals surface area contributed by atoms with Crippen LogP contribution in [-0.4, -0.2) is 18.2 Å². The zero-order valence-corrected chi connectivity index (χ0v) is 12.9. The molecule has 0 aliphatic heterocycles. The highest BCUT2D eigenvalue weighted by atomic mass is 35.5. The highest BCUT2D eigenvalue weighted by molar-refractivity contribution is 7.98.